The first-order valence-electron chi connectivity index (χ1n) is 6.46. The summed E-state index contributed by atoms with van der Waals surface area (Å²) in [5, 5.41) is 0. The van der Waals surface area contributed by atoms with Gasteiger partial charge in [0, 0.05) is 12.5 Å². The molecule has 0 aromatic heterocycles. The molecule has 0 aliphatic carbocycles. The van der Waals surface area contributed by atoms with E-state index in [-0.39, 0.29) is 5.82 Å². The third-order valence-corrected chi connectivity index (χ3v) is 3.21. The molecule has 0 N–H and O–H groups in total. The molecule has 0 aliphatic heterocycles. The Hall–Kier alpha value is -1.67. The summed E-state index contributed by atoms with van der Waals surface area (Å²) in [6, 6.07) is 17.3. The lowest BCUT2D eigenvalue weighted by Crippen LogP contribution is -2.30. The first-order chi connectivity index (χ1) is 9.15. The predicted molar refractivity (Wildman–Crippen MR) is 77.4 cm³/mol. The summed E-state index contributed by atoms with van der Waals surface area (Å²) in [6.07, 6.45) is 3.12. The van der Waals surface area contributed by atoms with Crippen LogP contribution in [0, 0.1) is 12.2 Å². The number of hydrogen-bond acceptors (Lipinski definition) is 1. The maximum absolute atomic E-state index is 12.9. The molecule has 2 aromatic rings. The van der Waals surface area contributed by atoms with Crippen LogP contribution in [0.4, 0.5) is 4.39 Å². The molecule has 19 heavy (non-hydrogen) atoms. The molecule has 0 saturated heterocycles. The Morgan fingerprint density at radius 2 is 1.63 bits per heavy atom. The van der Waals surface area contributed by atoms with E-state index in [0.29, 0.717) is 6.04 Å². The molecule has 0 spiro atoms. The van der Waals surface area contributed by atoms with Crippen LogP contribution in [-0.2, 0) is 6.42 Å². The van der Waals surface area contributed by atoms with Crippen LogP contribution >= 0.6 is 0 Å². The highest BCUT2D eigenvalue weighted by molar-refractivity contribution is 5.27. The molecule has 1 unspecified atom stereocenters. The molecule has 1 radical (unpaired) electrons. The van der Waals surface area contributed by atoms with Crippen molar-refractivity contribution in [1.29, 1.82) is 0 Å². The summed E-state index contributed by atoms with van der Waals surface area (Å²) in [6.45, 7) is 0. The van der Waals surface area contributed by atoms with Crippen LogP contribution in [0.15, 0.2) is 54.6 Å². The van der Waals surface area contributed by atoms with E-state index in [2.05, 4.69) is 49.7 Å². The maximum atomic E-state index is 12.9. The highest BCUT2D eigenvalue weighted by Gasteiger charge is 2.13. The van der Waals surface area contributed by atoms with E-state index in [0.717, 1.165) is 12.0 Å². The lowest BCUT2D eigenvalue weighted by atomic mass is 9.98. The zero-order valence-electron chi connectivity index (χ0n) is 11.4. The molecular formula is C17H19FN. The van der Waals surface area contributed by atoms with Gasteiger partial charge in [0.2, 0.25) is 0 Å². The SMILES string of the molecule is CN(C)C([CH]c1ccc(F)cc1)Cc1ccccc1. The number of rotatable bonds is 5. The molecule has 0 amide bonds. The summed E-state index contributed by atoms with van der Waals surface area (Å²) < 4.78 is 12.9. The van der Waals surface area contributed by atoms with Crippen LogP contribution < -0.4 is 0 Å². The minimum Gasteiger partial charge on any atom is -0.305 e. The van der Waals surface area contributed by atoms with Crippen molar-refractivity contribution in [2.24, 2.45) is 0 Å². The van der Waals surface area contributed by atoms with E-state index in [4.69, 9.17) is 0 Å². The van der Waals surface area contributed by atoms with Crippen molar-refractivity contribution in [3.63, 3.8) is 0 Å². The molecule has 0 aliphatic rings. The van der Waals surface area contributed by atoms with Crippen LogP contribution in [0.3, 0.4) is 0 Å². The minimum atomic E-state index is -0.193. The summed E-state index contributed by atoms with van der Waals surface area (Å²) in [7, 11) is 4.13. The molecule has 2 heteroatoms. The third-order valence-electron chi connectivity index (χ3n) is 3.21. The molecule has 0 saturated carbocycles. The molecule has 0 heterocycles. The first kappa shape index (κ1) is 13.8. The van der Waals surface area contributed by atoms with Crippen molar-refractivity contribution >= 4 is 0 Å². The Morgan fingerprint density at radius 1 is 1.00 bits per heavy atom. The van der Waals surface area contributed by atoms with E-state index in [9.17, 15) is 4.39 Å². The Kier molecular flexibility index (Phi) is 4.69. The van der Waals surface area contributed by atoms with Crippen molar-refractivity contribution in [3.8, 4) is 0 Å². The standard InChI is InChI=1S/C17H19FN/c1-19(2)17(12-14-6-4-3-5-7-14)13-15-8-10-16(18)11-9-15/h3-11,13,17H,12H2,1-2H3. The van der Waals surface area contributed by atoms with Crippen LogP contribution in [0.25, 0.3) is 0 Å². The fourth-order valence-electron chi connectivity index (χ4n) is 2.04. The lowest BCUT2D eigenvalue weighted by Gasteiger charge is -2.24. The van der Waals surface area contributed by atoms with E-state index in [1.54, 1.807) is 0 Å². The summed E-state index contributed by atoms with van der Waals surface area (Å²) in [5.74, 6) is -0.193. The van der Waals surface area contributed by atoms with Crippen molar-refractivity contribution in [2.45, 2.75) is 12.5 Å². The molecule has 1 atom stereocenters. The highest BCUT2D eigenvalue weighted by atomic mass is 19.1. The van der Waals surface area contributed by atoms with Crippen molar-refractivity contribution in [1.82, 2.24) is 4.90 Å². The topological polar surface area (TPSA) is 3.24 Å². The summed E-state index contributed by atoms with van der Waals surface area (Å²) in [5.41, 5.74) is 2.36. The van der Waals surface area contributed by atoms with Gasteiger partial charge in [-0.05, 0) is 43.8 Å². The number of hydrogen-bond donors (Lipinski definition) is 0. The largest absolute Gasteiger partial charge is 0.305 e. The van der Waals surface area contributed by atoms with Crippen LogP contribution in [0.5, 0.6) is 0 Å². The fraction of sp³-hybridized carbons (Fsp3) is 0.235. The molecule has 2 rings (SSSR count). The van der Waals surface area contributed by atoms with E-state index in [1.807, 2.05) is 18.2 Å². The molecule has 99 valence electrons. The van der Waals surface area contributed by atoms with Gasteiger partial charge in [-0.2, -0.15) is 0 Å². The average Bonchev–Trinajstić information content (AvgIpc) is 2.41. The van der Waals surface area contributed by atoms with Crippen LogP contribution in [0.2, 0.25) is 0 Å². The zero-order chi connectivity index (χ0) is 13.7. The Morgan fingerprint density at radius 3 is 2.21 bits per heavy atom. The first-order valence-corrected chi connectivity index (χ1v) is 6.46. The second-order valence-corrected chi connectivity index (χ2v) is 4.94. The van der Waals surface area contributed by atoms with Gasteiger partial charge in [0.05, 0.1) is 0 Å². The molecule has 0 bridgehead atoms. The monoisotopic (exact) mass is 256 g/mol. The van der Waals surface area contributed by atoms with Gasteiger partial charge in [-0.3, -0.25) is 0 Å². The minimum absolute atomic E-state index is 0.193. The summed E-state index contributed by atoms with van der Waals surface area (Å²) >= 11 is 0. The van der Waals surface area contributed by atoms with Gasteiger partial charge in [0.1, 0.15) is 5.82 Å². The fourth-order valence-corrected chi connectivity index (χ4v) is 2.04. The average molecular weight is 256 g/mol. The third kappa shape index (κ3) is 4.18. The molecule has 0 fully saturated rings. The Bertz CT molecular complexity index is 490. The Labute approximate surface area is 114 Å². The van der Waals surface area contributed by atoms with Gasteiger partial charge in [0.25, 0.3) is 0 Å². The zero-order valence-corrected chi connectivity index (χ0v) is 11.4. The number of nitrogens with zero attached hydrogens (tertiary/aromatic N) is 1. The van der Waals surface area contributed by atoms with E-state index < -0.39 is 0 Å². The van der Waals surface area contributed by atoms with E-state index in [1.165, 1.54) is 17.7 Å². The van der Waals surface area contributed by atoms with Crippen molar-refractivity contribution < 1.29 is 4.39 Å². The van der Waals surface area contributed by atoms with Crippen LogP contribution in [0.1, 0.15) is 11.1 Å². The van der Waals surface area contributed by atoms with Gasteiger partial charge in [-0.1, -0.05) is 42.5 Å². The second-order valence-electron chi connectivity index (χ2n) is 4.94. The van der Waals surface area contributed by atoms with Gasteiger partial charge in [0.15, 0.2) is 0 Å². The van der Waals surface area contributed by atoms with Gasteiger partial charge < -0.3 is 4.90 Å². The summed E-state index contributed by atoms with van der Waals surface area (Å²) in [4.78, 5) is 2.18. The number of likely N-dealkylation sites (N-methyl/N-ethyl adjacent to an activating group) is 1. The lowest BCUT2D eigenvalue weighted by molar-refractivity contribution is 0.328. The normalized spacial score (nSPS) is 12.6. The van der Waals surface area contributed by atoms with Crippen LogP contribution in [-0.4, -0.2) is 25.0 Å². The van der Waals surface area contributed by atoms with Crippen molar-refractivity contribution in [3.05, 3.63) is 78.0 Å². The molecule has 2 aromatic carbocycles. The molecule has 1 nitrogen and oxygen atoms in total. The van der Waals surface area contributed by atoms with Crippen molar-refractivity contribution in [2.75, 3.05) is 14.1 Å². The highest BCUT2D eigenvalue weighted by Crippen LogP contribution is 2.15. The van der Waals surface area contributed by atoms with E-state index >= 15 is 0 Å². The van der Waals surface area contributed by atoms with Gasteiger partial charge in [-0.15, -0.1) is 0 Å². The Balaban J connectivity index is 2.06. The smallest absolute Gasteiger partial charge is 0.123 e. The number of benzene rings is 2. The van der Waals surface area contributed by atoms with Gasteiger partial charge >= 0.3 is 0 Å². The molecular weight excluding hydrogens is 237 g/mol. The van der Waals surface area contributed by atoms with Gasteiger partial charge in [-0.25, -0.2) is 4.39 Å². The quantitative estimate of drug-likeness (QED) is 0.790. The second kappa shape index (κ2) is 6.48. The predicted octanol–water partition coefficient (Wildman–Crippen LogP) is 3.55. The number of halogens is 1. The maximum Gasteiger partial charge on any atom is 0.123 e.